The summed E-state index contributed by atoms with van der Waals surface area (Å²) >= 11 is 0. The van der Waals surface area contributed by atoms with Gasteiger partial charge in [0.05, 0.1) is 13.0 Å². The molecular formula is C16H24N2O3. The molecule has 0 aliphatic carbocycles. The van der Waals surface area contributed by atoms with Crippen molar-refractivity contribution in [3.05, 3.63) is 30.3 Å². The van der Waals surface area contributed by atoms with Crippen LogP contribution >= 0.6 is 0 Å². The zero-order valence-corrected chi connectivity index (χ0v) is 13.0. The van der Waals surface area contributed by atoms with Gasteiger partial charge in [0.2, 0.25) is 11.8 Å². The highest BCUT2D eigenvalue weighted by Crippen LogP contribution is 2.08. The summed E-state index contributed by atoms with van der Waals surface area (Å²) in [5.41, 5.74) is 0. The van der Waals surface area contributed by atoms with Gasteiger partial charge in [0.1, 0.15) is 5.75 Å². The highest BCUT2D eigenvalue weighted by molar-refractivity contribution is 5.76. The molecule has 1 N–H and O–H groups in total. The largest absolute Gasteiger partial charge is 0.493 e. The molecule has 2 amide bonds. The molecule has 21 heavy (non-hydrogen) atoms. The Morgan fingerprint density at radius 3 is 2.48 bits per heavy atom. The van der Waals surface area contributed by atoms with Crippen LogP contribution in [0.3, 0.4) is 0 Å². The van der Waals surface area contributed by atoms with E-state index in [1.165, 1.54) is 6.92 Å². The molecule has 1 aromatic carbocycles. The molecule has 0 unspecified atom stereocenters. The molecule has 1 aromatic rings. The molecule has 0 aliphatic heterocycles. The Bertz CT molecular complexity index is 446. The number of carbonyl (C=O) groups excluding carboxylic acids is 2. The zero-order valence-electron chi connectivity index (χ0n) is 13.0. The van der Waals surface area contributed by atoms with Gasteiger partial charge in [-0.3, -0.25) is 9.59 Å². The summed E-state index contributed by atoms with van der Waals surface area (Å²) in [6.45, 7) is 6.78. The summed E-state index contributed by atoms with van der Waals surface area (Å²) in [5, 5.41) is 2.80. The number of nitrogens with one attached hydrogen (secondary N) is 1. The van der Waals surface area contributed by atoms with Crippen LogP contribution in [0.2, 0.25) is 0 Å². The van der Waals surface area contributed by atoms with Gasteiger partial charge in [-0.1, -0.05) is 18.2 Å². The highest BCUT2D eigenvalue weighted by Gasteiger charge is 2.12. The lowest BCUT2D eigenvalue weighted by Crippen LogP contribution is -2.41. The maximum atomic E-state index is 11.7. The molecule has 0 saturated carbocycles. The third-order valence-corrected chi connectivity index (χ3v) is 3.04. The quantitative estimate of drug-likeness (QED) is 0.795. The van der Waals surface area contributed by atoms with Gasteiger partial charge < -0.3 is 15.0 Å². The topological polar surface area (TPSA) is 58.6 Å². The van der Waals surface area contributed by atoms with E-state index in [0.29, 0.717) is 26.1 Å². The number of hydrogen-bond acceptors (Lipinski definition) is 3. The molecule has 0 atom stereocenters. The van der Waals surface area contributed by atoms with Gasteiger partial charge in [-0.2, -0.15) is 0 Å². The molecule has 0 aromatic heterocycles. The van der Waals surface area contributed by atoms with Crippen molar-refractivity contribution in [3.63, 3.8) is 0 Å². The SMILES string of the molecule is CC(=O)N(CCNC(=O)CCOc1ccccc1)C(C)C. The first-order chi connectivity index (χ1) is 10.0. The maximum Gasteiger partial charge on any atom is 0.223 e. The van der Waals surface area contributed by atoms with Gasteiger partial charge in [-0.25, -0.2) is 0 Å². The Labute approximate surface area is 126 Å². The fourth-order valence-electron chi connectivity index (χ4n) is 1.96. The summed E-state index contributed by atoms with van der Waals surface area (Å²) in [5.74, 6) is 0.706. The van der Waals surface area contributed by atoms with E-state index in [1.807, 2.05) is 44.2 Å². The van der Waals surface area contributed by atoms with E-state index in [2.05, 4.69) is 5.32 Å². The number of benzene rings is 1. The number of rotatable bonds is 8. The number of para-hydroxylation sites is 1. The van der Waals surface area contributed by atoms with E-state index < -0.39 is 0 Å². The molecule has 0 fully saturated rings. The minimum absolute atomic E-state index is 0.0201. The molecule has 0 radical (unpaired) electrons. The summed E-state index contributed by atoms with van der Waals surface area (Å²) < 4.78 is 5.46. The molecular weight excluding hydrogens is 268 g/mol. The fourth-order valence-corrected chi connectivity index (χ4v) is 1.96. The minimum Gasteiger partial charge on any atom is -0.493 e. The van der Waals surface area contributed by atoms with Gasteiger partial charge in [-0.05, 0) is 26.0 Å². The van der Waals surface area contributed by atoms with Crippen LogP contribution in [0.1, 0.15) is 27.2 Å². The van der Waals surface area contributed by atoms with Crippen LogP contribution in [0.5, 0.6) is 5.75 Å². The number of carbonyl (C=O) groups is 2. The van der Waals surface area contributed by atoms with Gasteiger partial charge >= 0.3 is 0 Å². The minimum atomic E-state index is -0.0711. The third-order valence-electron chi connectivity index (χ3n) is 3.04. The zero-order chi connectivity index (χ0) is 15.7. The fraction of sp³-hybridized carbons (Fsp3) is 0.500. The van der Waals surface area contributed by atoms with Crippen molar-refractivity contribution in [2.75, 3.05) is 19.7 Å². The lowest BCUT2D eigenvalue weighted by Gasteiger charge is -2.25. The highest BCUT2D eigenvalue weighted by atomic mass is 16.5. The molecule has 0 bridgehead atoms. The summed E-state index contributed by atoms with van der Waals surface area (Å²) in [4.78, 5) is 24.8. The first-order valence-corrected chi connectivity index (χ1v) is 7.22. The summed E-state index contributed by atoms with van der Waals surface area (Å²) in [6.07, 6.45) is 0.302. The van der Waals surface area contributed by atoms with Crippen LogP contribution in [0, 0.1) is 0 Å². The standard InChI is InChI=1S/C16H24N2O3/c1-13(2)18(14(3)19)11-10-17-16(20)9-12-21-15-7-5-4-6-8-15/h4-8,13H,9-12H2,1-3H3,(H,17,20). The monoisotopic (exact) mass is 292 g/mol. The van der Waals surface area contributed by atoms with Crippen molar-refractivity contribution in [1.29, 1.82) is 0 Å². The van der Waals surface area contributed by atoms with E-state index in [4.69, 9.17) is 4.74 Å². The van der Waals surface area contributed by atoms with Crippen molar-refractivity contribution < 1.29 is 14.3 Å². The second-order valence-corrected chi connectivity index (χ2v) is 5.07. The number of amides is 2. The van der Waals surface area contributed by atoms with Crippen LogP contribution in [-0.4, -0.2) is 42.5 Å². The Balaban J connectivity index is 2.18. The van der Waals surface area contributed by atoms with Crippen molar-refractivity contribution in [1.82, 2.24) is 10.2 Å². The summed E-state index contributed by atoms with van der Waals surface area (Å²) in [6, 6.07) is 9.53. The third kappa shape index (κ3) is 6.79. The van der Waals surface area contributed by atoms with Gasteiger partial charge in [0, 0.05) is 26.1 Å². The predicted molar refractivity (Wildman–Crippen MR) is 82.1 cm³/mol. The van der Waals surface area contributed by atoms with Crippen molar-refractivity contribution in [2.45, 2.75) is 33.2 Å². The van der Waals surface area contributed by atoms with Crippen LogP contribution in [0.25, 0.3) is 0 Å². The molecule has 5 heteroatoms. The molecule has 0 heterocycles. The second-order valence-electron chi connectivity index (χ2n) is 5.07. The van der Waals surface area contributed by atoms with Crippen LogP contribution in [0.15, 0.2) is 30.3 Å². The second kappa shape index (κ2) is 9.00. The summed E-state index contributed by atoms with van der Waals surface area (Å²) in [7, 11) is 0. The predicted octanol–water partition coefficient (Wildman–Crippen LogP) is 1.83. The van der Waals surface area contributed by atoms with Crippen molar-refractivity contribution in [3.8, 4) is 5.75 Å². The van der Waals surface area contributed by atoms with Crippen LogP contribution < -0.4 is 10.1 Å². The van der Waals surface area contributed by atoms with E-state index in [0.717, 1.165) is 5.75 Å². The number of ether oxygens (including phenoxy) is 1. The van der Waals surface area contributed by atoms with Gasteiger partial charge in [0.25, 0.3) is 0 Å². The maximum absolute atomic E-state index is 11.7. The number of nitrogens with zero attached hydrogens (tertiary/aromatic N) is 1. The molecule has 0 saturated heterocycles. The normalized spacial score (nSPS) is 10.3. The van der Waals surface area contributed by atoms with Gasteiger partial charge in [-0.15, -0.1) is 0 Å². The Hall–Kier alpha value is -2.04. The average molecular weight is 292 g/mol. The van der Waals surface area contributed by atoms with E-state index in [-0.39, 0.29) is 17.9 Å². The first-order valence-electron chi connectivity index (χ1n) is 7.22. The molecule has 1 rings (SSSR count). The molecule has 116 valence electrons. The Kier molecular flexibility index (Phi) is 7.29. The van der Waals surface area contributed by atoms with E-state index in [1.54, 1.807) is 4.90 Å². The molecule has 0 aliphatic rings. The van der Waals surface area contributed by atoms with E-state index >= 15 is 0 Å². The lowest BCUT2D eigenvalue weighted by molar-refractivity contribution is -0.131. The first kappa shape index (κ1) is 17.0. The smallest absolute Gasteiger partial charge is 0.223 e. The van der Waals surface area contributed by atoms with Crippen molar-refractivity contribution >= 4 is 11.8 Å². The average Bonchev–Trinajstić information content (AvgIpc) is 2.44. The number of hydrogen-bond donors (Lipinski definition) is 1. The lowest BCUT2D eigenvalue weighted by atomic mass is 10.3. The van der Waals surface area contributed by atoms with E-state index in [9.17, 15) is 9.59 Å². The van der Waals surface area contributed by atoms with Crippen LogP contribution in [-0.2, 0) is 9.59 Å². The van der Waals surface area contributed by atoms with Gasteiger partial charge in [0.15, 0.2) is 0 Å². The van der Waals surface area contributed by atoms with Crippen LogP contribution in [0.4, 0.5) is 0 Å². The molecule has 0 spiro atoms. The Morgan fingerprint density at radius 2 is 1.90 bits per heavy atom. The molecule has 5 nitrogen and oxygen atoms in total. The Morgan fingerprint density at radius 1 is 1.24 bits per heavy atom. The van der Waals surface area contributed by atoms with Crippen molar-refractivity contribution in [2.24, 2.45) is 0 Å².